The summed E-state index contributed by atoms with van der Waals surface area (Å²) in [5, 5.41) is 12.4. The molecule has 0 aliphatic heterocycles. The highest BCUT2D eigenvalue weighted by atomic mass is 16.5. The molecule has 0 saturated carbocycles. The van der Waals surface area contributed by atoms with E-state index < -0.39 is 6.10 Å². The molecule has 4 heteroatoms. The van der Waals surface area contributed by atoms with Gasteiger partial charge in [-0.1, -0.05) is 54.6 Å². The average Bonchev–Trinajstić information content (AvgIpc) is 2.67. The lowest BCUT2D eigenvalue weighted by molar-refractivity contribution is -0.661. The molecule has 2 aromatic carbocycles. The van der Waals surface area contributed by atoms with Crippen molar-refractivity contribution in [1.82, 2.24) is 0 Å². The number of rotatable bonds is 12. The van der Waals surface area contributed by atoms with Crippen LogP contribution < -0.4 is 5.32 Å². The Bertz CT molecular complexity index is 618. The normalized spacial score (nSPS) is 13.5. The zero-order valence-corrected chi connectivity index (χ0v) is 15.9. The van der Waals surface area contributed by atoms with E-state index in [1.165, 1.54) is 5.56 Å². The first-order valence-electron chi connectivity index (χ1n) is 9.52. The molecule has 0 radical (unpaired) electrons. The van der Waals surface area contributed by atoms with Crippen molar-refractivity contribution in [3.63, 3.8) is 0 Å². The minimum atomic E-state index is -0.489. The van der Waals surface area contributed by atoms with E-state index in [0.717, 1.165) is 37.3 Å². The van der Waals surface area contributed by atoms with Gasteiger partial charge in [0.15, 0.2) is 0 Å². The van der Waals surface area contributed by atoms with E-state index in [2.05, 4.69) is 36.5 Å². The Morgan fingerprint density at radius 3 is 2.50 bits per heavy atom. The molecular formula is C22H32NO3+. The van der Waals surface area contributed by atoms with Gasteiger partial charge in [0.25, 0.3) is 0 Å². The third kappa shape index (κ3) is 6.89. The van der Waals surface area contributed by atoms with Crippen LogP contribution in [0.2, 0.25) is 0 Å². The predicted molar refractivity (Wildman–Crippen MR) is 104 cm³/mol. The first kappa shape index (κ1) is 20.6. The summed E-state index contributed by atoms with van der Waals surface area (Å²) in [6, 6.07) is 18.4. The van der Waals surface area contributed by atoms with Crippen LogP contribution in [0.4, 0.5) is 0 Å². The van der Waals surface area contributed by atoms with E-state index in [4.69, 9.17) is 9.47 Å². The van der Waals surface area contributed by atoms with Crippen molar-refractivity contribution in [2.75, 3.05) is 32.9 Å². The number of hydrogen-bond acceptors (Lipinski definition) is 3. The molecule has 26 heavy (non-hydrogen) atoms. The maximum Gasteiger partial charge on any atom is 0.126 e. The fourth-order valence-electron chi connectivity index (χ4n) is 2.93. The van der Waals surface area contributed by atoms with E-state index in [1.807, 2.05) is 37.3 Å². The third-order valence-corrected chi connectivity index (χ3v) is 4.37. The highest BCUT2D eigenvalue weighted by Gasteiger charge is 2.18. The zero-order chi connectivity index (χ0) is 18.6. The molecule has 2 aromatic rings. The van der Waals surface area contributed by atoms with Gasteiger partial charge in [-0.3, -0.25) is 0 Å². The Kier molecular flexibility index (Phi) is 9.35. The number of aliphatic hydroxyl groups is 1. The van der Waals surface area contributed by atoms with Gasteiger partial charge in [0.05, 0.1) is 19.8 Å². The van der Waals surface area contributed by atoms with Gasteiger partial charge in [0.2, 0.25) is 0 Å². The Labute approximate surface area is 157 Å². The Morgan fingerprint density at radius 2 is 1.77 bits per heavy atom. The number of hydrogen-bond donors (Lipinski definition) is 2. The number of aryl methyl sites for hydroxylation is 1. The van der Waals surface area contributed by atoms with E-state index in [1.54, 1.807) is 0 Å². The quantitative estimate of drug-likeness (QED) is 0.573. The second-order valence-electron chi connectivity index (χ2n) is 6.50. The summed E-state index contributed by atoms with van der Waals surface area (Å²) in [6.07, 6.45) is 0.347. The number of ether oxygens (including phenoxy) is 2. The Hall–Kier alpha value is -1.72. The van der Waals surface area contributed by atoms with Crippen molar-refractivity contribution in [3.8, 4) is 0 Å². The minimum Gasteiger partial charge on any atom is -0.385 e. The monoisotopic (exact) mass is 358 g/mol. The molecule has 0 amide bonds. The summed E-state index contributed by atoms with van der Waals surface area (Å²) in [6.45, 7) is 7.55. The van der Waals surface area contributed by atoms with E-state index in [-0.39, 0.29) is 6.10 Å². The molecule has 0 aliphatic carbocycles. The third-order valence-electron chi connectivity index (χ3n) is 4.37. The summed E-state index contributed by atoms with van der Waals surface area (Å²) in [5.74, 6) is 0. The number of quaternary nitrogens is 1. The number of benzene rings is 2. The first-order chi connectivity index (χ1) is 12.7. The van der Waals surface area contributed by atoms with E-state index >= 15 is 0 Å². The highest BCUT2D eigenvalue weighted by molar-refractivity contribution is 5.35. The fraction of sp³-hybridized carbons (Fsp3) is 0.455. The lowest BCUT2D eigenvalue weighted by Crippen LogP contribution is -2.86. The van der Waals surface area contributed by atoms with Crippen LogP contribution in [-0.4, -0.2) is 44.1 Å². The average molecular weight is 359 g/mol. The molecule has 0 unspecified atom stereocenters. The maximum absolute atomic E-state index is 10.3. The minimum absolute atomic E-state index is 0.162. The van der Waals surface area contributed by atoms with Gasteiger partial charge < -0.3 is 19.9 Å². The smallest absolute Gasteiger partial charge is 0.126 e. The van der Waals surface area contributed by atoms with Crippen molar-refractivity contribution in [3.05, 3.63) is 71.3 Å². The molecule has 0 heterocycles. The van der Waals surface area contributed by atoms with Gasteiger partial charge in [-0.15, -0.1) is 0 Å². The van der Waals surface area contributed by atoms with Crippen LogP contribution in [-0.2, 0) is 9.47 Å². The second-order valence-corrected chi connectivity index (χ2v) is 6.50. The van der Waals surface area contributed by atoms with Crippen molar-refractivity contribution in [2.45, 2.75) is 32.5 Å². The Morgan fingerprint density at radius 1 is 1.04 bits per heavy atom. The summed E-state index contributed by atoms with van der Waals surface area (Å²) in [7, 11) is 0. The van der Waals surface area contributed by atoms with Crippen LogP contribution in [0.15, 0.2) is 54.6 Å². The SMILES string of the molecule is CCOCCC[NH2+]C[C@H](O)CO[C@@H](c1ccccc1)c1ccccc1C. The highest BCUT2D eigenvalue weighted by Crippen LogP contribution is 2.28. The topological polar surface area (TPSA) is 55.3 Å². The molecular weight excluding hydrogens is 326 g/mol. The van der Waals surface area contributed by atoms with E-state index in [9.17, 15) is 5.11 Å². The van der Waals surface area contributed by atoms with Gasteiger partial charge in [-0.05, 0) is 30.5 Å². The molecule has 0 saturated heterocycles. The van der Waals surface area contributed by atoms with Gasteiger partial charge in [-0.25, -0.2) is 0 Å². The van der Waals surface area contributed by atoms with Crippen molar-refractivity contribution in [1.29, 1.82) is 0 Å². The largest absolute Gasteiger partial charge is 0.385 e. The molecule has 2 rings (SSSR count). The molecule has 4 nitrogen and oxygen atoms in total. The van der Waals surface area contributed by atoms with Crippen molar-refractivity contribution < 1.29 is 19.9 Å². The molecule has 142 valence electrons. The van der Waals surface area contributed by atoms with Gasteiger partial charge in [0.1, 0.15) is 18.8 Å². The lowest BCUT2D eigenvalue weighted by Gasteiger charge is -2.22. The van der Waals surface area contributed by atoms with Crippen molar-refractivity contribution >= 4 is 0 Å². The molecule has 2 atom stereocenters. The van der Waals surface area contributed by atoms with Crippen LogP contribution in [0.3, 0.4) is 0 Å². The van der Waals surface area contributed by atoms with Gasteiger partial charge >= 0.3 is 0 Å². The maximum atomic E-state index is 10.3. The summed E-state index contributed by atoms with van der Waals surface area (Å²) in [4.78, 5) is 0. The summed E-state index contributed by atoms with van der Waals surface area (Å²) in [5.41, 5.74) is 3.44. The summed E-state index contributed by atoms with van der Waals surface area (Å²) >= 11 is 0. The van der Waals surface area contributed by atoms with Crippen LogP contribution in [0.25, 0.3) is 0 Å². The van der Waals surface area contributed by atoms with Gasteiger partial charge in [0, 0.05) is 13.0 Å². The number of nitrogens with two attached hydrogens (primary N) is 1. The predicted octanol–water partition coefficient (Wildman–Crippen LogP) is 2.45. The lowest BCUT2D eigenvalue weighted by atomic mass is 9.97. The molecule has 0 fully saturated rings. The first-order valence-corrected chi connectivity index (χ1v) is 9.52. The Balaban J connectivity index is 1.89. The fourth-order valence-corrected chi connectivity index (χ4v) is 2.93. The van der Waals surface area contributed by atoms with Crippen LogP contribution >= 0.6 is 0 Å². The molecule has 0 bridgehead atoms. The summed E-state index contributed by atoms with van der Waals surface area (Å²) < 4.78 is 11.5. The standard InChI is InChI=1S/C22H31NO3/c1-3-25-15-9-14-23-16-20(24)17-26-22(19-11-5-4-6-12-19)21-13-8-7-10-18(21)2/h4-8,10-13,20,22-24H,3,9,14-17H2,1-2H3/p+1/t20-,22-/m0/s1. The van der Waals surface area contributed by atoms with Crippen LogP contribution in [0.5, 0.6) is 0 Å². The molecule has 0 spiro atoms. The van der Waals surface area contributed by atoms with Crippen LogP contribution in [0, 0.1) is 6.92 Å². The molecule has 3 N–H and O–H groups in total. The van der Waals surface area contributed by atoms with Crippen molar-refractivity contribution in [2.24, 2.45) is 0 Å². The molecule has 0 aliphatic rings. The van der Waals surface area contributed by atoms with Gasteiger partial charge in [-0.2, -0.15) is 0 Å². The second kappa shape index (κ2) is 11.8. The zero-order valence-electron chi connectivity index (χ0n) is 15.9. The number of aliphatic hydroxyl groups excluding tert-OH is 1. The van der Waals surface area contributed by atoms with E-state index in [0.29, 0.717) is 13.2 Å². The van der Waals surface area contributed by atoms with Crippen LogP contribution in [0.1, 0.15) is 36.1 Å². The molecule has 0 aromatic heterocycles.